The van der Waals surface area contributed by atoms with Crippen LogP contribution in [0.25, 0.3) is 10.9 Å². The van der Waals surface area contributed by atoms with E-state index in [1.807, 2.05) is 0 Å². The zero-order valence-corrected chi connectivity index (χ0v) is 7.50. The second-order valence-corrected chi connectivity index (χ2v) is 2.85. The number of hydrogen-bond acceptors (Lipinski definition) is 2. The first kappa shape index (κ1) is 8.74. The van der Waals surface area contributed by atoms with E-state index in [9.17, 15) is 9.18 Å². The van der Waals surface area contributed by atoms with Crippen LogP contribution in [0.4, 0.5) is 4.39 Å². The lowest BCUT2D eigenvalue weighted by Crippen LogP contribution is -2.11. The van der Waals surface area contributed by atoms with E-state index in [-0.39, 0.29) is 5.75 Å². The quantitative estimate of drug-likeness (QED) is 0.748. The number of pyridine rings is 1. The number of fused-ring (bicyclic) bond motifs is 1. The average Bonchev–Trinajstić information content (AvgIpc) is 2.18. The Morgan fingerprint density at radius 3 is 2.79 bits per heavy atom. The van der Waals surface area contributed by atoms with Gasteiger partial charge in [-0.15, -0.1) is 0 Å². The number of aromatic nitrogens is 1. The van der Waals surface area contributed by atoms with Gasteiger partial charge in [-0.05, 0) is 12.1 Å². The van der Waals surface area contributed by atoms with Crippen molar-refractivity contribution in [3.05, 3.63) is 40.4 Å². The summed E-state index contributed by atoms with van der Waals surface area (Å²) in [5.41, 5.74) is -0.0838. The predicted molar refractivity (Wildman–Crippen MR) is 51.1 cm³/mol. The molecule has 0 aliphatic carbocycles. The number of nitrogens with one attached hydrogen (secondary N) is 1. The van der Waals surface area contributed by atoms with Gasteiger partial charge in [-0.2, -0.15) is 0 Å². The first-order chi connectivity index (χ1) is 6.74. The molecule has 1 aromatic heterocycles. The summed E-state index contributed by atoms with van der Waals surface area (Å²) in [5.74, 6) is -0.893. The lowest BCUT2D eigenvalue weighted by atomic mass is 10.2. The molecule has 0 amide bonds. The van der Waals surface area contributed by atoms with Gasteiger partial charge in [-0.3, -0.25) is 4.79 Å². The Morgan fingerprint density at radius 2 is 2.07 bits per heavy atom. The molecule has 0 unspecified atom stereocenters. The molecule has 0 aliphatic rings. The molecule has 1 N–H and O–H groups in total. The molecular weight excluding hydrogens is 185 g/mol. The summed E-state index contributed by atoms with van der Waals surface area (Å²) in [5, 5.41) is 0.351. The van der Waals surface area contributed by atoms with E-state index in [4.69, 9.17) is 0 Å². The molecule has 2 rings (SSSR count). The van der Waals surface area contributed by atoms with E-state index in [0.29, 0.717) is 10.9 Å². The minimum atomic E-state index is -0.619. The average molecular weight is 193 g/mol. The van der Waals surface area contributed by atoms with Gasteiger partial charge in [0, 0.05) is 5.39 Å². The summed E-state index contributed by atoms with van der Waals surface area (Å²) in [7, 11) is 1.27. The van der Waals surface area contributed by atoms with Crippen molar-refractivity contribution in [3.63, 3.8) is 0 Å². The Kier molecular flexibility index (Phi) is 1.96. The molecule has 0 atom stereocenters. The fourth-order valence-corrected chi connectivity index (χ4v) is 1.37. The number of aromatic amines is 1. The Hall–Kier alpha value is -1.84. The lowest BCUT2D eigenvalue weighted by Gasteiger charge is -2.03. The maximum Gasteiger partial charge on any atom is 0.293 e. The van der Waals surface area contributed by atoms with Gasteiger partial charge in [-0.1, -0.05) is 12.1 Å². The highest BCUT2D eigenvalue weighted by Crippen LogP contribution is 2.19. The molecule has 0 fully saturated rings. The second-order valence-electron chi connectivity index (χ2n) is 2.85. The van der Waals surface area contributed by atoms with Crippen LogP contribution in [-0.2, 0) is 0 Å². The minimum Gasteiger partial charge on any atom is -0.489 e. The summed E-state index contributed by atoms with van der Waals surface area (Å²) in [6, 6.07) is 6.65. The Balaban J connectivity index is 2.93. The Morgan fingerprint density at radius 1 is 1.36 bits per heavy atom. The number of halogens is 1. The standard InChI is InChI=1S/C10H8FNO2/c1-14-9-8(11)6-4-2-3-5-7(6)12-10(9)13/h2-5H,1H3,(H,12,13). The highest BCUT2D eigenvalue weighted by atomic mass is 19.1. The smallest absolute Gasteiger partial charge is 0.293 e. The van der Waals surface area contributed by atoms with Crippen LogP contribution >= 0.6 is 0 Å². The fourth-order valence-electron chi connectivity index (χ4n) is 1.37. The molecule has 1 aromatic carbocycles. The molecule has 0 radical (unpaired) electrons. The highest BCUT2D eigenvalue weighted by molar-refractivity contribution is 5.80. The minimum absolute atomic E-state index is 0.274. The van der Waals surface area contributed by atoms with Gasteiger partial charge >= 0.3 is 0 Å². The van der Waals surface area contributed by atoms with Crippen LogP contribution in [0.1, 0.15) is 0 Å². The van der Waals surface area contributed by atoms with E-state index in [0.717, 1.165) is 0 Å². The van der Waals surface area contributed by atoms with Gasteiger partial charge in [0.05, 0.1) is 12.6 Å². The van der Waals surface area contributed by atoms with Crippen molar-refractivity contribution in [2.45, 2.75) is 0 Å². The first-order valence-corrected chi connectivity index (χ1v) is 4.08. The van der Waals surface area contributed by atoms with Crippen LogP contribution in [0.15, 0.2) is 29.1 Å². The lowest BCUT2D eigenvalue weighted by molar-refractivity contribution is 0.382. The van der Waals surface area contributed by atoms with E-state index in [1.54, 1.807) is 24.3 Å². The number of benzene rings is 1. The van der Waals surface area contributed by atoms with Crippen molar-refractivity contribution in [1.29, 1.82) is 0 Å². The number of hydrogen-bond donors (Lipinski definition) is 1. The molecule has 2 aromatic rings. The zero-order chi connectivity index (χ0) is 10.1. The third kappa shape index (κ3) is 1.16. The number of rotatable bonds is 1. The number of ether oxygens (including phenoxy) is 1. The van der Waals surface area contributed by atoms with Crippen LogP contribution < -0.4 is 10.3 Å². The largest absolute Gasteiger partial charge is 0.489 e. The topological polar surface area (TPSA) is 42.1 Å². The number of H-pyrrole nitrogens is 1. The van der Waals surface area contributed by atoms with E-state index < -0.39 is 11.4 Å². The van der Waals surface area contributed by atoms with Gasteiger partial charge in [-0.25, -0.2) is 4.39 Å². The molecule has 0 saturated heterocycles. The van der Waals surface area contributed by atoms with Crippen LogP contribution in [-0.4, -0.2) is 12.1 Å². The van der Waals surface area contributed by atoms with Crippen LogP contribution in [0.2, 0.25) is 0 Å². The van der Waals surface area contributed by atoms with E-state index in [2.05, 4.69) is 9.72 Å². The molecule has 14 heavy (non-hydrogen) atoms. The fraction of sp³-hybridized carbons (Fsp3) is 0.100. The molecule has 72 valence electrons. The first-order valence-electron chi connectivity index (χ1n) is 4.08. The summed E-state index contributed by atoms with van der Waals surface area (Å²) >= 11 is 0. The molecule has 0 bridgehead atoms. The summed E-state index contributed by atoms with van der Waals surface area (Å²) < 4.78 is 18.3. The van der Waals surface area contributed by atoms with Crippen molar-refractivity contribution in [2.24, 2.45) is 0 Å². The monoisotopic (exact) mass is 193 g/mol. The van der Waals surface area contributed by atoms with Crippen molar-refractivity contribution >= 4 is 10.9 Å². The van der Waals surface area contributed by atoms with Crippen molar-refractivity contribution in [1.82, 2.24) is 4.98 Å². The molecule has 0 aliphatic heterocycles. The van der Waals surface area contributed by atoms with E-state index >= 15 is 0 Å². The summed E-state index contributed by atoms with van der Waals surface area (Å²) in [6.07, 6.45) is 0. The second kappa shape index (κ2) is 3.14. The maximum atomic E-state index is 13.6. The van der Waals surface area contributed by atoms with Gasteiger partial charge in [0.1, 0.15) is 0 Å². The normalized spacial score (nSPS) is 10.4. The van der Waals surface area contributed by atoms with Gasteiger partial charge in [0.25, 0.3) is 5.56 Å². The van der Waals surface area contributed by atoms with Crippen LogP contribution in [0, 0.1) is 5.82 Å². The summed E-state index contributed by atoms with van der Waals surface area (Å²) in [4.78, 5) is 13.8. The molecular formula is C10H8FNO2. The third-order valence-corrected chi connectivity index (χ3v) is 2.02. The molecule has 0 spiro atoms. The van der Waals surface area contributed by atoms with Crippen LogP contribution in [0.5, 0.6) is 5.75 Å². The predicted octanol–water partition coefficient (Wildman–Crippen LogP) is 1.68. The maximum absolute atomic E-state index is 13.6. The van der Waals surface area contributed by atoms with Crippen LogP contribution in [0.3, 0.4) is 0 Å². The van der Waals surface area contributed by atoms with Crippen molar-refractivity contribution in [2.75, 3.05) is 7.11 Å². The molecule has 3 nitrogen and oxygen atoms in total. The number of methoxy groups -OCH3 is 1. The Bertz CT molecular complexity index is 533. The van der Waals surface area contributed by atoms with Gasteiger partial charge in [0.15, 0.2) is 5.82 Å². The van der Waals surface area contributed by atoms with E-state index in [1.165, 1.54) is 7.11 Å². The third-order valence-electron chi connectivity index (χ3n) is 2.02. The van der Waals surface area contributed by atoms with Crippen molar-refractivity contribution < 1.29 is 9.13 Å². The molecule has 0 saturated carbocycles. The zero-order valence-electron chi connectivity index (χ0n) is 7.50. The Labute approximate surface area is 79.1 Å². The molecule has 4 heteroatoms. The summed E-state index contributed by atoms with van der Waals surface area (Å²) in [6.45, 7) is 0. The van der Waals surface area contributed by atoms with Gasteiger partial charge in [0.2, 0.25) is 5.75 Å². The highest BCUT2D eigenvalue weighted by Gasteiger charge is 2.11. The molecule has 1 heterocycles. The number of para-hydroxylation sites is 1. The van der Waals surface area contributed by atoms with Gasteiger partial charge < -0.3 is 9.72 Å². The SMILES string of the molecule is COc1c(F)c2ccccc2[nH]c1=O. The van der Waals surface area contributed by atoms with Crippen molar-refractivity contribution in [3.8, 4) is 5.75 Å².